The van der Waals surface area contributed by atoms with Crippen molar-refractivity contribution < 1.29 is 14.9 Å². The summed E-state index contributed by atoms with van der Waals surface area (Å²) in [5.74, 6) is 0.228. The molecule has 2 aromatic rings. The summed E-state index contributed by atoms with van der Waals surface area (Å²) in [5.41, 5.74) is 6.84. The second kappa shape index (κ2) is 4.72. The standard InChI is InChI=1S/C11H15N5O3/c12-10-9-11(14-4-13-10)16(5-15-9)8-1-6(2-17)7(3-18)19-8/h4-8,17-18H,1-3H2,(H2,12,13,14)/t6-,7-,8-/m1/s1. The molecule has 2 aromatic heterocycles. The van der Waals surface area contributed by atoms with Gasteiger partial charge in [0.25, 0.3) is 0 Å². The van der Waals surface area contributed by atoms with E-state index in [4.69, 9.17) is 10.5 Å². The Labute approximate surface area is 108 Å². The number of anilines is 1. The molecule has 1 aliphatic heterocycles. The van der Waals surface area contributed by atoms with E-state index in [0.717, 1.165) is 0 Å². The summed E-state index contributed by atoms with van der Waals surface area (Å²) in [6, 6.07) is 0. The smallest absolute Gasteiger partial charge is 0.167 e. The lowest BCUT2D eigenvalue weighted by molar-refractivity contribution is -0.0334. The van der Waals surface area contributed by atoms with E-state index in [0.29, 0.717) is 23.4 Å². The van der Waals surface area contributed by atoms with E-state index < -0.39 is 0 Å². The van der Waals surface area contributed by atoms with E-state index in [1.807, 2.05) is 0 Å². The molecule has 0 aliphatic carbocycles. The van der Waals surface area contributed by atoms with E-state index in [2.05, 4.69) is 15.0 Å². The summed E-state index contributed by atoms with van der Waals surface area (Å²) in [6.45, 7) is -0.142. The molecular weight excluding hydrogens is 250 g/mol. The van der Waals surface area contributed by atoms with Gasteiger partial charge >= 0.3 is 0 Å². The number of aliphatic hydroxyl groups is 2. The molecule has 8 heteroatoms. The molecule has 3 heterocycles. The molecule has 1 aliphatic rings. The molecule has 0 unspecified atom stereocenters. The number of rotatable bonds is 3. The van der Waals surface area contributed by atoms with Gasteiger partial charge in [0.15, 0.2) is 11.5 Å². The molecule has 102 valence electrons. The quantitative estimate of drug-likeness (QED) is 0.671. The summed E-state index contributed by atoms with van der Waals surface area (Å²) >= 11 is 0. The molecule has 8 nitrogen and oxygen atoms in total. The van der Waals surface area contributed by atoms with E-state index in [1.165, 1.54) is 6.33 Å². The predicted molar refractivity (Wildman–Crippen MR) is 65.9 cm³/mol. The molecule has 0 bridgehead atoms. The van der Waals surface area contributed by atoms with E-state index in [9.17, 15) is 10.2 Å². The van der Waals surface area contributed by atoms with Crippen LogP contribution in [0.5, 0.6) is 0 Å². The molecule has 0 saturated carbocycles. The van der Waals surface area contributed by atoms with Crippen molar-refractivity contribution in [3.05, 3.63) is 12.7 Å². The number of aliphatic hydroxyl groups excluding tert-OH is 2. The van der Waals surface area contributed by atoms with Crippen molar-refractivity contribution in [2.45, 2.75) is 18.8 Å². The monoisotopic (exact) mass is 265 g/mol. The molecule has 3 rings (SSSR count). The summed E-state index contributed by atoms with van der Waals surface area (Å²) < 4.78 is 7.47. The highest BCUT2D eigenvalue weighted by Crippen LogP contribution is 2.34. The van der Waals surface area contributed by atoms with Gasteiger partial charge in [-0.25, -0.2) is 15.0 Å². The minimum Gasteiger partial charge on any atom is -0.396 e. The zero-order valence-corrected chi connectivity index (χ0v) is 10.2. The van der Waals surface area contributed by atoms with Gasteiger partial charge < -0.3 is 20.7 Å². The maximum absolute atomic E-state index is 9.28. The number of ether oxygens (including phenoxy) is 1. The van der Waals surface area contributed by atoms with E-state index in [1.54, 1.807) is 10.9 Å². The number of nitrogens with zero attached hydrogens (tertiary/aromatic N) is 4. The van der Waals surface area contributed by atoms with E-state index in [-0.39, 0.29) is 31.5 Å². The van der Waals surface area contributed by atoms with Crippen molar-refractivity contribution in [3.8, 4) is 0 Å². The number of nitrogen functional groups attached to an aromatic ring is 1. The normalized spacial score (nSPS) is 27.2. The van der Waals surface area contributed by atoms with Crippen molar-refractivity contribution in [2.75, 3.05) is 18.9 Å². The maximum Gasteiger partial charge on any atom is 0.167 e. The van der Waals surface area contributed by atoms with Crippen LogP contribution < -0.4 is 5.73 Å². The first-order valence-corrected chi connectivity index (χ1v) is 6.04. The van der Waals surface area contributed by atoms with Gasteiger partial charge in [0.2, 0.25) is 0 Å². The molecule has 0 amide bonds. The number of hydrogen-bond acceptors (Lipinski definition) is 7. The fourth-order valence-electron chi connectivity index (χ4n) is 2.42. The highest BCUT2D eigenvalue weighted by molar-refractivity contribution is 5.81. The van der Waals surface area contributed by atoms with Gasteiger partial charge in [-0.15, -0.1) is 0 Å². The van der Waals surface area contributed by atoms with Gasteiger partial charge in [0.05, 0.1) is 19.0 Å². The number of nitrogens with two attached hydrogens (primary N) is 1. The van der Waals surface area contributed by atoms with Crippen LogP contribution in [-0.4, -0.2) is 49.0 Å². The van der Waals surface area contributed by atoms with Crippen LogP contribution in [0.4, 0.5) is 5.82 Å². The molecule has 1 saturated heterocycles. The number of aromatic nitrogens is 4. The van der Waals surface area contributed by atoms with Crippen LogP contribution in [0.25, 0.3) is 11.2 Å². The molecule has 19 heavy (non-hydrogen) atoms. The highest BCUT2D eigenvalue weighted by Gasteiger charge is 2.36. The van der Waals surface area contributed by atoms with Crippen molar-refractivity contribution in [1.82, 2.24) is 19.5 Å². The summed E-state index contributed by atoms with van der Waals surface area (Å²) in [4.78, 5) is 12.2. The van der Waals surface area contributed by atoms with Gasteiger partial charge in [-0.05, 0) is 0 Å². The number of hydrogen-bond donors (Lipinski definition) is 3. The van der Waals surface area contributed by atoms with Gasteiger partial charge in [0.1, 0.15) is 18.1 Å². The Kier molecular flexibility index (Phi) is 3.05. The van der Waals surface area contributed by atoms with Crippen molar-refractivity contribution in [1.29, 1.82) is 0 Å². The van der Waals surface area contributed by atoms with Crippen molar-refractivity contribution >= 4 is 17.0 Å². The van der Waals surface area contributed by atoms with Crippen LogP contribution in [0.2, 0.25) is 0 Å². The Morgan fingerprint density at radius 1 is 1.32 bits per heavy atom. The Hall–Kier alpha value is -1.77. The molecule has 4 N–H and O–H groups in total. The molecular formula is C11H15N5O3. The van der Waals surface area contributed by atoms with Gasteiger partial charge in [-0.2, -0.15) is 0 Å². The molecule has 0 radical (unpaired) electrons. The maximum atomic E-state index is 9.28. The first-order valence-electron chi connectivity index (χ1n) is 6.04. The Bertz CT molecular complexity index is 575. The molecule has 0 spiro atoms. The molecule has 0 aromatic carbocycles. The lowest BCUT2D eigenvalue weighted by Gasteiger charge is -2.14. The summed E-state index contributed by atoms with van der Waals surface area (Å²) in [6.07, 6.45) is 2.88. The Morgan fingerprint density at radius 3 is 2.84 bits per heavy atom. The fraction of sp³-hybridized carbons (Fsp3) is 0.545. The third-order valence-corrected chi connectivity index (χ3v) is 3.47. The molecule has 1 fully saturated rings. The summed E-state index contributed by atoms with van der Waals surface area (Å²) in [5, 5.41) is 18.5. The Morgan fingerprint density at radius 2 is 2.16 bits per heavy atom. The third kappa shape index (κ3) is 1.93. The molecule has 3 atom stereocenters. The van der Waals surface area contributed by atoms with Gasteiger partial charge in [-0.1, -0.05) is 0 Å². The van der Waals surface area contributed by atoms with Crippen LogP contribution in [0, 0.1) is 5.92 Å². The van der Waals surface area contributed by atoms with Crippen LogP contribution in [-0.2, 0) is 4.74 Å². The van der Waals surface area contributed by atoms with E-state index >= 15 is 0 Å². The van der Waals surface area contributed by atoms with Crippen LogP contribution in [0.1, 0.15) is 12.6 Å². The predicted octanol–water partition coefficient (Wildman–Crippen LogP) is -0.703. The van der Waals surface area contributed by atoms with Crippen LogP contribution in [0.3, 0.4) is 0 Å². The van der Waals surface area contributed by atoms with Crippen LogP contribution >= 0.6 is 0 Å². The third-order valence-electron chi connectivity index (χ3n) is 3.47. The van der Waals surface area contributed by atoms with Gasteiger partial charge in [0, 0.05) is 18.9 Å². The average molecular weight is 265 g/mol. The highest BCUT2D eigenvalue weighted by atomic mass is 16.5. The minimum atomic E-state index is -0.369. The fourth-order valence-corrected chi connectivity index (χ4v) is 2.42. The lowest BCUT2D eigenvalue weighted by atomic mass is 10.0. The second-order valence-electron chi connectivity index (χ2n) is 4.57. The Balaban J connectivity index is 1.95. The first kappa shape index (κ1) is 12.3. The SMILES string of the molecule is Nc1ncnc2c1ncn2[C@H]1C[C@H](CO)[C@@H](CO)O1. The first-order chi connectivity index (χ1) is 9.24. The zero-order valence-electron chi connectivity index (χ0n) is 10.2. The van der Waals surface area contributed by atoms with Crippen LogP contribution in [0.15, 0.2) is 12.7 Å². The van der Waals surface area contributed by atoms with Gasteiger partial charge in [-0.3, -0.25) is 4.57 Å². The van der Waals surface area contributed by atoms with Crippen molar-refractivity contribution in [2.24, 2.45) is 5.92 Å². The van der Waals surface area contributed by atoms with Crippen molar-refractivity contribution in [3.63, 3.8) is 0 Å². The summed E-state index contributed by atoms with van der Waals surface area (Å²) in [7, 11) is 0. The zero-order chi connectivity index (χ0) is 13.4. The average Bonchev–Trinajstić information content (AvgIpc) is 3.02. The lowest BCUT2D eigenvalue weighted by Crippen LogP contribution is -2.23. The number of fused-ring (bicyclic) bond motifs is 1. The number of imidazole rings is 1. The largest absolute Gasteiger partial charge is 0.396 e. The second-order valence-corrected chi connectivity index (χ2v) is 4.57. The topological polar surface area (TPSA) is 119 Å². The minimum absolute atomic E-state index is 0.0223.